The summed E-state index contributed by atoms with van der Waals surface area (Å²) in [7, 11) is 0. The van der Waals surface area contributed by atoms with Gasteiger partial charge in [-0.15, -0.1) is 0 Å². The molecule has 1 saturated carbocycles. The molecule has 2 aliphatic rings. The topological polar surface area (TPSA) is 38.8 Å². The van der Waals surface area contributed by atoms with Gasteiger partial charge in [-0.25, -0.2) is 0 Å². The first-order valence-corrected chi connectivity index (χ1v) is 11.1. The maximum absolute atomic E-state index is 12.6. The maximum atomic E-state index is 12.6. The first-order chi connectivity index (χ1) is 14.7. The third-order valence-electron chi connectivity index (χ3n) is 6.15. The summed E-state index contributed by atoms with van der Waals surface area (Å²) in [5, 5.41) is 0. The molecule has 0 unspecified atom stereocenters. The molecular weight excluding hydrogens is 374 g/mol. The molecule has 1 amide bonds. The average molecular weight is 406 g/mol. The van der Waals surface area contributed by atoms with Crippen molar-refractivity contribution in [2.24, 2.45) is 5.92 Å². The van der Waals surface area contributed by atoms with Gasteiger partial charge in [0.05, 0.1) is 6.54 Å². The summed E-state index contributed by atoms with van der Waals surface area (Å²) in [5.41, 5.74) is 1.10. The van der Waals surface area contributed by atoms with E-state index >= 15 is 0 Å². The van der Waals surface area contributed by atoms with Crippen molar-refractivity contribution in [1.29, 1.82) is 0 Å². The largest absolute Gasteiger partial charge is 0.485 e. The van der Waals surface area contributed by atoms with Crippen molar-refractivity contribution < 1.29 is 14.3 Å². The zero-order chi connectivity index (χ0) is 20.8. The molecule has 0 spiro atoms. The predicted molar refractivity (Wildman–Crippen MR) is 118 cm³/mol. The van der Waals surface area contributed by atoms with Crippen molar-refractivity contribution >= 4 is 5.91 Å². The van der Waals surface area contributed by atoms with E-state index in [1.54, 1.807) is 6.08 Å². The Balaban J connectivity index is 1.35. The number of nitrogens with zero attached hydrogens (tertiary/aromatic N) is 1. The molecule has 0 radical (unpaired) electrons. The van der Waals surface area contributed by atoms with Gasteiger partial charge in [-0.1, -0.05) is 74.6 Å². The van der Waals surface area contributed by atoms with Gasteiger partial charge in [-0.3, -0.25) is 4.79 Å². The van der Waals surface area contributed by atoms with Crippen molar-refractivity contribution in [3.05, 3.63) is 72.0 Å². The van der Waals surface area contributed by atoms with Gasteiger partial charge in [0.15, 0.2) is 11.5 Å². The van der Waals surface area contributed by atoms with Crippen LogP contribution in [0.15, 0.2) is 66.4 Å². The Morgan fingerprint density at radius 3 is 2.43 bits per heavy atom. The summed E-state index contributed by atoms with van der Waals surface area (Å²) in [6.07, 6.45) is 9.34. The summed E-state index contributed by atoms with van der Waals surface area (Å²) in [4.78, 5) is 14.5. The van der Waals surface area contributed by atoms with Crippen LogP contribution in [0, 0.1) is 5.92 Å². The number of benzene rings is 2. The number of carbonyl (C=O) groups excluding carboxylic acids is 1. The van der Waals surface area contributed by atoms with Gasteiger partial charge >= 0.3 is 0 Å². The summed E-state index contributed by atoms with van der Waals surface area (Å²) >= 11 is 0. The Labute approximate surface area is 179 Å². The fourth-order valence-electron chi connectivity index (χ4n) is 4.51. The van der Waals surface area contributed by atoms with Gasteiger partial charge in [0.1, 0.15) is 12.4 Å². The molecule has 2 aromatic carbocycles. The smallest absolute Gasteiger partial charge is 0.250 e. The third-order valence-corrected chi connectivity index (χ3v) is 6.15. The molecule has 158 valence electrons. The van der Waals surface area contributed by atoms with Crippen LogP contribution in [0.5, 0.6) is 11.5 Å². The van der Waals surface area contributed by atoms with Crippen molar-refractivity contribution in [2.75, 3.05) is 6.54 Å². The monoisotopic (exact) mass is 405 g/mol. The maximum Gasteiger partial charge on any atom is 0.250 e. The normalized spacial score (nSPS) is 18.2. The summed E-state index contributed by atoms with van der Waals surface area (Å²) in [6.45, 7) is 3.17. The highest BCUT2D eigenvalue weighted by Gasteiger charge is 2.29. The second-order valence-electron chi connectivity index (χ2n) is 8.49. The lowest BCUT2D eigenvalue weighted by Crippen LogP contribution is -2.36. The molecule has 4 heteroatoms. The van der Waals surface area contributed by atoms with Crippen molar-refractivity contribution in [1.82, 2.24) is 4.90 Å². The van der Waals surface area contributed by atoms with Crippen LogP contribution in [-0.4, -0.2) is 23.4 Å². The molecule has 0 aromatic heterocycles. The van der Waals surface area contributed by atoms with Crippen molar-refractivity contribution in [2.45, 2.75) is 58.1 Å². The third kappa shape index (κ3) is 5.24. The van der Waals surface area contributed by atoms with Gasteiger partial charge in [-0.05, 0) is 37.0 Å². The van der Waals surface area contributed by atoms with Crippen LogP contribution < -0.4 is 9.47 Å². The van der Waals surface area contributed by atoms with E-state index in [1.807, 2.05) is 59.5 Å². The van der Waals surface area contributed by atoms with Crippen LogP contribution in [0.25, 0.3) is 0 Å². The van der Waals surface area contributed by atoms with Crippen LogP contribution in [0.4, 0.5) is 0 Å². The standard InChI is InChI=1S/C26H31NO3/c1-20(16-21-10-4-2-5-11-21)27-18-23(17-26(27)28)30-25-15-9-8-14-24(25)29-19-22-12-6-3-7-13-22/h3,6-9,12-15,17,20-21H,2,4-5,10-11,16,18-19H2,1H3/t20-/m1/s1. The number of hydrogen-bond acceptors (Lipinski definition) is 3. The number of para-hydroxylation sites is 2. The average Bonchev–Trinajstić information content (AvgIpc) is 3.15. The van der Waals surface area contributed by atoms with Gasteiger partial charge in [-0.2, -0.15) is 0 Å². The van der Waals surface area contributed by atoms with E-state index < -0.39 is 0 Å². The fourth-order valence-corrected chi connectivity index (χ4v) is 4.51. The number of carbonyl (C=O) groups is 1. The second-order valence-corrected chi connectivity index (χ2v) is 8.49. The Kier molecular flexibility index (Phi) is 6.73. The molecule has 4 nitrogen and oxygen atoms in total. The minimum atomic E-state index is 0.0518. The van der Waals surface area contributed by atoms with Gasteiger partial charge in [0.25, 0.3) is 5.91 Å². The quantitative estimate of drug-likeness (QED) is 0.563. The Hall–Kier alpha value is -2.75. The van der Waals surface area contributed by atoms with Crippen molar-refractivity contribution in [3.8, 4) is 11.5 Å². The molecule has 4 rings (SSSR count). The van der Waals surface area contributed by atoms with Crippen LogP contribution in [0.3, 0.4) is 0 Å². The van der Waals surface area contributed by atoms with Crippen LogP contribution in [0.2, 0.25) is 0 Å². The van der Waals surface area contributed by atoms with E-state index in [9.17, 15) is 4.79 Å². The first kappa shape index (κ1) is 20.5. The summed E-state index contributed by atoms with van der Waals surface area (Å²) < 4.78 is 12.1. The SMILES string of the molecule is C[C@H](CC1CCCCC1)N1CC(Oc2ccccc2OCc2ccccc2)=CC1=O. The van der Waals surface area contributed by atoms with E-state index in [0.717, 1.165) is 17.9 Å². The molecule has 1 fully saturated rings. The minimum absolute atomic E-state index is 0.0518. The first-order valence-electron chi connectivity index (χ1n) is 11.1. The highest BCUT2D eigenvalue weighted by Crippen LogP contribution is 2.32. The molecule has 0 bridgehead atoms. The lowest BCUT2D eigenvalue weighted by Gasteiger charge is -2.30. The highest BCUT2D eigenvalue weighted by molar-refractivity contribution is 5.91. The van der Waals surface area contributed by atoms with Crippen LogP contribution in [-0.2, 0) is 11.4 Å². The minimum Gasteiger partial charge on any atom is -0.485 e. The fraction of sp³-hybridized carbons (Fsp3) is 0.423. The molecule has 1 aliphatic heterocycles. The lowest BCUT2D eigenvalue weighted by molar-refractivity contribution is -0.126. The molecule has 30 heavy (non-hydrogen) atoms. The number of hydrogen-bond donors (Lipinski definition) is 0. The Morgan fingerprint density at radius 2 is 1.67 bits per heavy atom. The zero-order valence-electron chi connectivity index (χ0n) is 17.8. The van der Waals surface area contributed by atoms with E-state index in [0.29, 0.717) is 30.4 Å². The zero-order valence-corrected chi connectivity index (χ0v) is 17.8. The van der Waals surface area contributed by atoms with Gasteiger partial charge in [0, 0.05) is 12.1 Å². The molecule has 1 heterocycles. The molecule has 0 saturated heterocycles. The molecular formula is C26H31NO3. The second kappa shape index (κ2) is 9.84. The van der Waals surface area contributed by atoms with Crippen molar-refractivity contribution in [3.63, 3.8) is 0 Å². The van der Waals surface area contributed by atoms with Crippen LogP contribution in [0.1, 0.15) is 51.0 Å². The van der Waals surface area contributed by atoms with Crippen LogP contribution >= 0.6 is 0 Å². The van der Waals surface area contributed by atoms with E-state index in [1.165, 1.54) is 32.1 Å². The van der Waals surface area contributed by atoms with Gasteiger partial charge < -0.3 is 14.4 Å². The summed E-state index contributed by atoms with van der Waals surface area (Å²) in [5.74, 6) is 2.82. The number of amides is 1. The Bertz CT molecular complexity index is 871. The van der Waals surface area contributed by atoms with Gasteiger partial charge in [0.2, 0.25) is 0 Å². The number of rotatable bonds is 8. The highest BCUT2D eigenvalue weighted by atomic mass is 16.5. The molecule has 1 atom stereocenters. The predicted octanol–water partition coefficient (Wildman–Crippen LogP) is 5.73. The Morgan fingerprint density at radius 1 is 0.967 bits per heavy atom. The van der Waals surface area contributed by atoms with E-state index in [2.05, 4.69) is 6.92 Å². The number of ether oxygens (including phenoxy) is 2. The molecule has 1 aliphatic carbocycles. The van der Waals surface area contributed by atoms with E-state index in [4.69, 9.17) is 9.47 Å². The molecule has 0 N–H and O–H groups in total. The lowest BCUT2D eigenvalue weighted by atomic mass is 9.85. The van der Waals surface area contributed by atoms with E-state index in [-0.39, 0.29) is 11.9 Å². The molecule has 2 aromatic rings. The summed E-state index contributed by atoms with van der Waals surface area (Å²) in [6, 6.07) is 17.9.